The van der Waals surface area contributed by atoms with E-state index in [-0.39, 0.29) is 6.61 Å². The molecule has 0 rings (SSSR count). The molecule has 3 atom stereocenters. The lowest BCUT2D eigenvalue weighted by Gasteiger charge is -2.15. The molecule has 0 saturated heterocycles. The summed E-state index contributed by atoms with van der Waals surface area (Å²) in [6.45, 7) is 5.95. The van der Waals surface area contributed by atoms with Gasteiger partial charge in [-0.2, -0.15) is 4.21 Å². The molecule has 19 heavy (non-hydrogen) atoms. The zero-order valence-electron chi connectivity index (χ0n) is 11.7. The van der Waals surface area contributed by atoms with E-state index in [0.29, 0.717) is 6.61 Å². The highest BCUT2D eigenvalue weighted by Gasteiger charge is 2.26. The number of hydrogen-bond donors (Lipinski definition) is 0. The van der Waals surface area contributed by atoms with Gasteiger partial charge in [-0.1, -0.05) is 26.2 Å². The number of halogens is 1. The van der Waals surface area contributed by atoms with E-state index in [1.165, 1.54) is 0 Å². The van der Waals surface area contributed by atoms with E-state index in [9.17, 15) is 9.00 Å². The van der Waals surface area contributed by atoms with Crippen molar-refractivity contribution in [3.8, 4) is 0 Å². The molecule has 0 aliphatic rings. The van der Waals surface area contributed by atoms with Crippen LogP contribution in [0, 0.1) is 0 Å². The molecule has 0 amide bonds. The van der Waals surface area contributed by atoms with Crippen LogP contribution in [0.5, 0.6) is 0 Å². The maximum absolute atomic E-state index is 11.4. The van der Waals surface area contributed by atoms with Gasteiger partial charge in [0.05, 0.1) is 13.2 Å². The lowest BCUT2D eigenvalue weighted by Crippen LogP contribution is -2.31. The van der Waals surface area contributed by atoms with Crippen molar-refractivity contribution in [2.45, 2.75) is 57.9 Å². The van der Waals surface area contributed by atoms with E-state index in [0.717, 1.165) is 25.7 Å². The van der Waals surface area contributed by atoms with Crippen molar-refractivity contribution >= 4 is 28.9 Å². The maximum atomic E-state index is 11.4. The first-order valence-electron chi connectivity index (χ1n) is 6.55. The SMILES string of the molecule is CCCCCCO[S@@](=O)O[C@H](C)[C@H](Cl)C(=O)OCC. The number of rotatable bonds is 11. The van der Waals surface area contributed by atoms with Gasteiger partial charge in [0.15, 0.2) is 5.38 Å². The van der Waals surface area contributed by atoms with E-state index in [1.54, 1.807) is 13.8 Å². The normalized spacial score (nSPS) is 15.8. The van der Waals surface area contributed by atoms with Gasteiger partial charge in [-0.3, -0.25) is 13.2 Å². The second-order valence-corrected chi connectivity index (χ2v) is 5.35. The second-order valence-electron chi connectivity index (χ2n) is 4.04. The van der Waals surface area contributed by atoms with Crippen molar-refractivity contribution in [2.24, 2.45) is 0 Å². The van der Waals surface area contributed by atoms with E-state index < -0.39 is 28.8 Å². The van der Waals surface area contributed by atoms with E-state index in [2.05, 4.69) is 6.92 Å². The van der Waals surface area contributed by atoms with Crippen molar-refractivity contribution in [3.63, 3.8) is 0 Å². The molecule has 114 valence electrons. The average Bonchev–Trinajstić information content (AvgIpc) is 2.37. The molecule has 0 radical (unpaired) electrons. The van der Waals surface area contributed by atoms with Gasteiger partial charge in [-0.15, -0.1) is 11.6 Å². The number of unbranched alkanes of at least 4 members (excludes halogenated alkanes) is 3. The lowest BCUT2D eigenvalue weighted by atomic mass is 10.2. The van der Waals surface area contributed by atoms with Crippen molar-refractivity contribution < 1.29 is 22.1 Å². The van der Waals surface area contributed by atoms with Crippen LogP contribution in [0.1, 0.15) is 46.5 Å². The number of carbonyl (C=O) groups is 1. The molecule has 0 aromatic heterocycles. The third-order valence-electron chi connectivity index (χ3n) is 2.33. The maximum Gasteiger partial charge on any atom is 0.326 e. The zero-order chi connectivity index (χ0) is 14.7. The quantitative estimate of drug-likeness (QED) is 0.333. The van der Waals surface area contributed by atoms with Gasteiger partial charge in [0.1, 0.15) is 6.10 Å². The van der Waals surface area contributed by atoms with Crippen molar-refractivity contribution in [3.05, 3.63) is 0 Å². The van der Waals surface area contributed by atoms with Crippen LogP contribution in [0.3, 0.4) is 0 Å². The summed E-state index contributed by atoms with van der Waals surface area (Å²) in [6.07, 6.45) is 3.38. The number of carbonyl (C=O) groups excluding carboxylic acids is 1. The first-order valence-corrected chi connectivity index (χ1v) is 7.99. The summed E-state index contributed by atoms with van der Waals surface area (Å²) in [5.41, 5.74) is 0. The first-order chi connectivity index (χ1) is 9.02. The molecule has 0 unspecified atom stereocenters. The Kier molecular flexibility index (Phi) is 11.5. The Bertz CT molecular complexity index is 275. The van der Waals surface area contributed by atoms with Crippen LogP contribution in [0.15, 0.2) is 0 Å². The first kappa shape index (κ1) is 18.8. The second kappa shape index (κ2) is 11.6. The van der Waals surface area contributed by atoms with Gasteiger partial charge in [-0.25, -0.2) is 0 Å². The predicted molar refractivity (Wildman–Crippen MR) is 75.1 cm³/mol. The molecular formula is C12H23ClO5S. The monoisotopic (exact) mass is 314 g/mol. The fraction of sp³-hybridized carbons (Fsp3) is 0.917. The van der Waals surface area contributed by atoms with Crippen molar-refractivity contribution in [1.82, 2.24) is 0 Å². The summed E-state index contributed by atoms with van der Waals surface area (Å²) >= 11 is 3.93. The van der Waals surface area contributed by atoms with Crippen molar-refractivity contribution in [1.29, 1.82) is 0 Å². The average molecular weight is 315 g/mol. The summed E-state index contributed by atoms with van der Waals surface area (Å²) < 4.78 is 26.2. The molecule has 0 aliphatic carbocycles. The zero-order valence-corrected chi connectivity index (χ0v) is 13.3. The Labute approximate surface area is 122 Å². The lowest BCUT2D eigenvalue weighted by molar-refractivity contribution is -0.144. The molecule has 0 heterocycles. The van der Waals surface area contributed by atoms with Gasteiger partial charge in [0.2, 0.25) is 0 Å². The van der Waals surface area contributed by atoms with E-state index >= 15 is 0 Å². The highest BCUT2D eigenvalue weighted by atomic mass is 35.5. The largest absolute Gasteiger partial charge is 0.465 e. The minimum atomic E-state index is -1.89. The molecule has 0 aromatic carbocycles. The molecule has 7 heteroatoms. The summed E-state index contributed by atoms with van der Waals surface area (Å²) in [4.78, 5) is 11.3. The smallest absolute Gasteiger partial charge is 0.326 e. The van der Waals surface area contributed by atoms with Gasteiger partial charge in [0.25, 0.3) is 0 Å². The van der Waals surface area contributed by atoms with Crippen LogP contribution in [0.4, 0.5) is 0 Å². The Morgan fingerprint density at radius 1 is 1.26 bits per heavy atom. The third-order valence-corrected chi connectivity index (χ3v) is 3.68. The summed E-state index contributed by atoms with van der Waals surface area (Å²) in [5, 5.41) is -0.993. The summed E-state index contributed by atoms with van der Waals surface area (Å²) in [6, 6.07) is 0. The number of ether oxygens (including phenoxy) is 1. The molecule has 0 N–H and O–H groups in total. The Balaban J connectivity index is 3.82. The molecule has 0 saturated carbocycles. The number of hydrogen-bond acceptors (Lipinski definition) is 5. The van der Waals surface area contributed by atoms with Crippen LogP contribution in [-0.2, 0) is 29.3 Å². The third kappa shape index (κ3) is 9.38. The number of alkyl halides is 1. The molecule has 0 fully saturated rings. The van der Waals surface area contributed by atoms with Crippen LogP contribution >= 0.6 is 11.6 Å². The molecule has 5 nitrogen and oxygen atoms in total. The van der Waals surface area contributed by atoms with Gasteiger partial charge in [-0.05, 0) is 20.3 Å². The fourth-order valence-corrected chi connectivity index (χ4v) is 2.11. The van der Waals surface area contributed by atoms with Crippen LogP contribution in [-0.4, -0.2) is 34.9 Å². The Hall–Kier alpha value is -0.170. The van der Waals surface area contributed by atoms with Crippen LogP contribution in [0.25, 0.3) is 0 Å². The Morgan fingerprint density at radius 3 is 2.53 bits per heavy atom. The molecule has 0 aliphatic heterocycles. The highest BCUT2D eigenvalue weighted by Crippen LogP contribution is 2.11. The molecule has 0 spiro atoms. The molecule has 0 aromatic rings. The van der Waals surface area contributed by atoms with Crippen molar-refractivity contribution in [2.75, 3.05) is 13.2 Å². The Morgan fingerprint density at radius 2 is 1.95 bits per heavy atom. The minimum absolute atomic E-state index is 0.242. The van der Waals surface area contributed by atoms with Gasteiger partial charge >= 0.3 is 17.3 Å². The van der Waals surface area contributed by atoms with Gasteiger partial charge < -0.3 is 4.74 Å². The fourth-order valence-electron chi connectivity index (χ4n) is 1.27. The highest BCUT2D eigenvalue weighted by molar-refractivity contribution is 7.75. The standard InChI is InChI=1S/C12H23ClO5S/c1-4-6-7-8-9-17-19(15)18-10(3)11(13)12(14)16-5-2/h10-11H,4-9H2,1-3H3/t10-,11+,19-/m1/s1. The van der Waals surface area contributed by atoms with Gasteiger partial charge in [0, 0.05) is 0 Å². The van der Waals surface area contributed by atoms with E-state index in [1.807, 2.05) is 0 Å². The molecular weight excluding hydrogens is 292 g/mol. The summed E-state index contributed by atoms with van der Waals surface area (Å²) in [5.74, 6) is -0.586. The summed E-state index contributed by atoms with van der Waals surface area (Å²) in [7, 11) is 0. The number of esters is 1. The minimum Gasteiger partial charge on any atom is -0.465 e. The topological polar surface area (TPSA) is 61.8 Å². The molecule has 0 bridgehead atoms. The van der Waals surface area contributed by atoms with Crippen LogP contribution in [0.2, 0.25) is 0 Å². The predicted octanol–water partition coefficient (Wildman–Crippen LogP) is 2.74. The van der Waals surface area contributed by atoms with Crippen LogP contribution < -0.4 is 0 Å². The van der Waals surface area contributed by atoms with E-state index in [4.69, 9.17) is 24.7 Å².